The SMILES string of the molecule is O=C(O)c1ccc(-c2ccc3c(c2)CCCO3)cc1F. The molecule has 0 radical (unpaired) electrons. The lowest BCUT2D eigenvalue weighted by molar-refractivity contribution is 0.0692. The molecule has 3 rings (SSSR count). The monoisotopic (exact) mass is 272 g/mol. The van der Waals surface area contributed by atoms with E-state index >= 15 is 0 Å². The van der Waals surface area contributed by atoms with Crippen LogP contribution in [-0.4, -0.2) is 17.7 Å². The molecule has 0 unspecified atom stereocenters. The van der Waals surface area contributed by atoms with E-state index < -0.39 is 11.8 Å². The van der Waals surface area contributed by atoms with Gasteiger partial charge in [-0.05, 0) is 53.8 Å². The van der Waals surface area contributed by atoms with Crippen LogP contribution in [0, 0.1) is 5.82 Å². The van der Waals surface area contributed by atoms with Crippen molar-refractivity contribution in [3.63, 3.8) is 0 Å². The molecule has 2 aromatic rings. The molecular formula is C16H13FO3. The number of aromatic carboxylic acids is 1. The first kappa shape index (κ1) is 12.7. The van der Waals surface area contributed by atoms with Gasteiger partial charge in [-0.25, -0.2) is 9.18 Å². The molecule has 0 saturated heterocycles. The largest absolute Gasteiger partial charge is 0.493 e. The summed E-state index contributed by atoms with van der Waals surface area (Å²) in [5, 5.41) is 8.83. The fraction of sp³-hybridized carbons (Fsp3) is 0.188. The highest BCUT2D eigenvalue weighted by molar-refractivity contribution is 5.88. The number of carboxylic acids is 1. The predicted octanol–water partition coefficient (Wildman–Crippen LogP) is 3.52. The van der Waals surface area contributed by atoms with Crippen molar-refractivity contribution in [2.75, 3.05) is 6.61 Å². The number of aryl methyl sites for hydroxylation is 1. The Morgan fingerprint density at radius 1 is 1.15 bits per heavy atom. The maximum Gasteiger partial charge on any atom is 0.338 e. The van der Waals surface area contributed by atoms with E-state index in [0.717, 1.165) is 36.3 Å². The molecule has 4 heteroatoms. The third kappa shape index (κ3) is 2.25. The van der Waals surface area contributed by atoms with Gasteiger partial charge in [0.25, 0.3) is 0 Å². The van der Waals surface area contributed by atoms with Crippen LogP contribution in [0.25, 0.3) is 11.1 Å². The van der Waals surface area contributed by atoms with Gasteiger partial charge in [0.2, 0.25) is 0 Å². The molecule has 0 saturated carbocycles. The molecule has 0 amide bonds. The van der Waals surface area contributed by atoms with Crippen LogP contribution in [0.4, 0.5) is 4.39 Å². The van der Waals surface area contributed by atoms with E-state index in [1.807, 2.05) is 18.2 Å². The molecule has 0 aromatic heterocycles. The second-order valence-electron chi connectivity index (χ2n) is 4.77. The third-order valence-electron chi connectivity index (χ3n) is 3.44. The first-order chi connectivity index (χ1) is 9.65. The molecule has 1 N–H and O–H groups in total. The molecule has 2 aromatic carbocycles. The normalized spacial score (nSPS) is 13.4. The summed E-state index contributed by atoms with van der Waals surface area (Å²) in [6.07, 6.45) is 1.92. The zero-order valence-corrected chi connectivity index (χ0v) is 10.7. The molecule has 0 atom stereocenters. The van der Waals surface area contributed by atoms with Crippen LogP contribution in [-0.2, 0) is 6.42 Å². The van der Waals surface area contributed by atoms with E-state index in [9.17, 15) is 9.18 Å². The molecule has 20 heavy (non-hydrogen) atoms. The maximum atomic E-state index is 13.7. The van der Waals surface area contributed by atoms with Gasteiger partial charge in [-0.2, -0.15) is 0 Å². The molecule has 1 heterocycles. The highest BCUT2D eigenvalue weighted by Gasteiger charge is 2.14. The number of benzene rings is 2. The van der Waals surface area contributed by atoms with Crippen molar-refractivity contribution < 1.29 is 19.0 Å². The predicted molar refractivity (Wildman–Crippen MR) is 72.6 cm³/mol. The van der Waals surface area contributed by atoms with Crippen LogP contribution < -0.4 is 4.74 Å². The standard InChI is InChI=1S/C16H13FO3/c17-14-9-11(3-5-13(14)16(18)19)10-4-6-15-12(8-10)2-1-7-20-15/h3-6,8-9H,1-2,7H2,(H,18,19). The number of rotatable bonds is 2. The van der Waals surface area contributed by atoms with Crippen molar-refractivity contribution in [2.45, 2.75) is 12.8 Å². The van der Waals surface area contributed by atoms with Crippen molar-refractivity contribution in [1.29, 1.82) is 0 Å². The summed E-state index contributed by atoms with van der Waals surface area (Å²) in [7, 11) is 0. The lowest BCUT2D eigenvalue weighted by Gasteiger charge is -2.18. The molecule has 0 bridgehead atoms. The Hall–Kier alpha value is -2.36. The molecule has 3 nitrogen and oxygen atoms in total. The number of carbonyl (C=O) groups is 1. The fourth-order valence-electron chi connectivity index (χ4n) is 2.41. The van der Waals surface area contributed by atoms with E-state index in [1.54, 1.807) is 6.07 Å². The number of halogens is 1. The average Bonchev–Trinajstić information content (AvgIpc) is 2.46. The minimum absolute atomic E-state index is 0.310. The van der Waals surface area contributed by atoms with E-state index in [-0.39, 0.29) is 5.56 Å². The van der Waals surface area contributed by atoms with Crippen molar-refractivity contribution in [3.8, 4) is 16.9 Å². The lowest BCUT2D eigenvalue weighted by Crippen LogP contribution is -2.08. The number of fused-ring (bicyclic) bond motifs is 1. The zero-order valence-electron chi connectivity index (χ0n) is 10.7. The van der Waals surface area contributed by atoms with Gasteiger partial charge >= 0.3 is 5.97 Å². The quantitative estimate of drug-likeness (QED) is 0.909. The summed E-state index contributed by atoms with van der Waals surface area (Å²) < 4.78 is 19.3. The maximum absolute atomic E-state index is 13.7. The number of ether oxygens (including phenoxy) is 1. The summed E-state index contributed by atoms with van der Waals surface area (Å²) in [4.78, 5) is 10.8. The minimum Gasteiger partial charge on any atom is -0.493 e. The van der Waals surface area contributed by atoms with Gasteiger partial charge in [0.1, 0.15) is 11.6 Å². The first-order valence-electron chi connectivity index (χ1n) is 6.44. The van der Waals surface area contributed by atoms with Gasteiger partial charge in [0.15, 0.2) is 0 Å². The summed E-state index contributed by atoms with van der Waals surface area (Å²) in [6, 6.07) is 9.89. The zero-order chi connectivity index (χ0) is 14.1. The molecule has 1 aliphatic rings. The van der Waals surface area contributed by atoms with E-state index in [2.05, 4.69) is 0 Å². The highest BCUT2D eigenvalue weighted by Crippen LogP contribution is 2.30. The Balaban J connectivity index is 2.01. The summed E-state index contributed by atoms with van der Waals surface area (Å²) in [5.41, 5.74) is 2.33. The molecule has 0 aliphatic carbocycles. The molecule has 0 spiro atoms. The van der Waals surface area contributed by atoms with Gasteiger partial charge in [0.05, 0.1) is 12.2 Å². The van der Waals surface area contributed by atoms with Crippen LogP contribution in [0.5, 0.6) is 5.75 Å². The summed E-state index contributed by atoms with van der Waals surface area (Å²) in [6.45, 7) is 0.730. The third-order valence-corrected chi connectivity index (χ3v) is 3.44. The molecule has 1 aliphatic heterocycles. The van der Waals surface area contributed by atoms with E-state index in [1.165, 1.54) is 12.1 Å². The summed E-state index contributed by atoms with van der Waals surface area (Å²) >= 11 is 0. The van der Waals surface area contributed by atoms with Crippen molar-refractivity contribution >= 4 is 5.97 Å². The second-order valence-corrected chi connectivity index (χ2v) is 4.77. The van der Waals surface area contributed by atoms with Crippen molar-refractivity contribution in [2.24, 2.45) is 0 Å². The smallest absolute Gasteiger partial charge is 0.338 e. The van der Waals surface area contributed by atoms with Gasteiger partial charge in [-0.15, -0.1) is 0 Å². The topological polar surface area (TPSA) is 46.5 Å². The number of hydrogen-bond donors (Lipinski definition) is 1. The highest BCUT2D eigenvalue weighted by atomic mass is 19.1. The number of carboxylic acid groups (broad SMARTS) is 1. The molecule has 0 fully saturated rings. The summed E-state index contributed by atoms with van der Waals surface area (Å²) in [5.74, 6) is -1.10. The van der Waals surface area contributed by atoms with Crippen molar-refractivity contribution in [1.82, 2.24) is 0 Å². The van der Waals surface area contributed by atoms with Gasteiger partial charge < -0.3 is 9.84 Å². The van der Waals surface area contributed by atoms with Gasteiger partial charge in [-0.1, -0.05) is 12.1 Å². The fourth-order valence-corrected chi connectivity index (χ4v) is 2.41. The van der Waals surface area contributed by atoms with Gasteiger partial charge in [0, 0.05) is 0 Å². The Bertz CT molecular complexity index is 679. The van der Waals surface area contributed by atoms with E-state index in [4.69, 9.17) is 9.84 Å². The first-order valence-corrected chi connectivity index (χ1v) is 6.44. The Kier molecular flexibility index (Phi) is 3.14. The van der Waals surface area contributed by atoms with Crippen LogP contribution in [0.2, 0.25) is 0 Å². The molecule has 102 valence electrons. The number of hydrogen-bond acceptors (Lipinski definition) is 2. The van der Waals surface area contributed by atoms with Crippen LogP contribution >= 0.6 is 0 Å². The van der Waals surface area contributed by atoms with Crippen LogP contribution in [0.15, 0.2) is 36.4 Å². The Morgan fingerprint density at radius 2 is 1.90 bits per heavy atom. The average molecular weight is 272 g/mol. The Morgan fingerprint density at radius 3 is 2.65 bits per heavy atom. The van der Waals surface area contributed by atoms with Crippen LogP contribution in [0.1, 0.15) is 22.3 Å². The second kappa shape index (κ2) is 4.96. The molecular weight excluding hydrogens is 259 g/mol. The van der Waals surface area contributed by atoms with Crippen LogP contribution in [0.3, 0.4) is 0 Å². The lowest BCUT2D eigenvalue weighted by atomic mass is 9.98. The minimum atomic E-state index is -1.26. The van der Waals surface area contributed by atoms with E-state index in [0.29, 0.717) is 5.56 Å². The van der Waals surface area contributed by atoms with Crippen molar-refractivity contribution in [3.05, 3.63) is 53.3 Å². The van der Waals surface area contributed by atoms with Gasteiger partial charge in [-0.3, -0.25) is 0 Å². The Labute approximate surface area is 115 Å².